The smallest absolute Gasteiger partial charge is 0.106 e. The predicted octanol–water partition coefficient (Wildman–Crippen LogP) is 2.53. The third-order valence-electron chi connectivity index (χ3n) is 0.333. The van der Waals surface area contributed by atoms with Gasteiger partial charge in [-0.3, -0.25) is 0 Å². The first-order valence-electron chi connectivity index (χ1n) is 2.59. The molecule has 11 heavy (non-hydrogen) atoms. The maximum absolute atomic E-state index is 8.00. The van der Waals surface area contributed by atoms with Crippen LogP contribution in [0.4, 0.5) is 0 Å². The van der Waals surface area contributed by atoms with E-state index in [1.54, 1.807) is 24.3 Å². The van der Waals surface area contributed by atoms with Crippen LogP contribution in [0.2, 0.25) is 0 Å². The van der Waals surface area contributed by atoms with Crippen LogP contribution >= 0.6 is 0 Å². The molecule has 0 saturated carbocycles. The molecule has 0 saturated heterocycles. The van der Waals surface area contributed by atoms with Crippen molar-refractivity contribution >= 4 is 6.79 Å². The average molecular weight is 197 g/mol. The molecule has 1 nitrogen and oxygen atoms in total. The number of carbonyl (C=O) groups is 1. The molecular weight excluding hydrogens is 183 g/mol. The summed E-state index contributed by atoms with van der Waals surface area (Å²) in [6.07, 6.45) is 6.56. The second kappa shape index (κ2) is 61.5. The van der Waals surface area contributed by atoms with Crippen LogP contribution in [0.3, 0.4) is 0 Å². The van der Waals surface area contributed by atoms with Gasteiger partial charge in [0.25, 0.3) is 0 Å². The third-order valence-corrected chi connectivity index (χ3v) is 0.333. The van der Waals surface area contributed by atoms with Crippen LogP contribution in [-0.2, 0) is 21.6 Å². The molecule has 0 atom stereocenters. The number of allylic oxidation sites excluding steroid dienone is 4. The van der Waals surface area contributed by atoms with Crippen LogP contribution in [0.5, 0.6) is 0 Å². The number of carbonyl (C=O) groups excluding carboxylic acids is 1. The minimum Gasteiger partial charge on any atom is -0.307 e. The Hall–Kier alpha value is -0.864. The Balaban J connectivity index is -0.0000000339. The maximum atomic E-state index is 8.00. The van der Waals surface area contributed by atoms with Crippen LogP contribution in [0.1, 0.15) is 0 Å². The molecule has 0 rings (SSSR count). The van der Waals surface area contributed by atoms with Gasteiger partial charge in [0.15, 0.2) is 0 Å². The monoisotopic (exact) mass is 197 g/mol. The summed E-state index contributed by atoms with van der Waals surface area (Å²) in [6, 6.07) is 0. The van der Waals surface area contributed by atoms with Gasteiger partial charge in [-0.15, -0.1) is 0 Å². The van der Waals surface area contributed by atoms with Gasteiger partial charge < -0.3 is 4.79 Å². The molecule has 0 aliphatic carbocycles. The van der Waals surface area contributed by atoms with Gasteiger partial charge in [-0.2, -0.15) is 0 Å². The van der Waals surface area contributed by atoms with Crippen LogP contribution in [0.15, 0.2) is 50.6 Å². The van der Waals surface area contributed by atoms with Gasteiger partial charge in [-0.25, -0.2) is 0 Å². The zero-order valence-electron chi connectivity index (χ0n) is 6.59. The molecule has 0 unspecified atom stereocenters. The molecular formula is C9H14CoO. The van der Waals surface area contributed by atoms with Crippen molar-refractivity contribution in [3.8, 4) is 0 Å². The van der Waals surface area contributed by atoms with E-state index >= 15 is 0 Å². The molecule has 0 aliphatic rings. The van der Waals surface area contributed by atoms with E-state index in [1.165, 1.54) is 0 Å². The Labute approximate surface area is 79.4 Å². The summed E-state index contributed by atoms with van der Waals surface area (Å²) >= 11 is 0. The van der Waals surface area contributed by atoms with Gasteiger partial charge in [0.1, 0.15) is 6.79 Å². The van der Waals surface area contributed by atoms with Gasteiger partial charge in [-0.1, -0.05) is 50.6 Å². The standard InChI is InChI=1S/2C4H6.CH2O.Co/c2*1-3-4-2;1-2;/h2*3-4H,1-2H2;1H2;. The molecule has 65 valence electrons. The molecule has 0 N–H and O–H groups in total. The van der Waals surface area contributed by atoms with Crippen molar-refractivity contribution in [1.29, 1.82) is 0 Å². The first kappa shape index (κ1) is 22.5. The molecule has 0 spiro atoms. The van der Waals surface area contributed by atoms with Crippen molar-refractivity contribution in [1.82, 2.24) is 0 Å². The maximum Gasteiger partial charge on any atom is 0.106 e. The van der Waals surface area contributed by atoms with Gasteiger partial charge in [0.05, 0.1) is 0 Å². The van der Waals surface area contributed by atoms with E-state index < -0.39 is 0 Å². The Kier molecular flexibility index (Phi) is 126. The van der Waals surface area contributed by atoms with Gasteiger partial charge in [-0.05, 0) is 0 Å². The second-order valence-electron chi connectivity index (χ2n) is 0.943. The predicted molar refractivity (Wildman–Crippen MR) is 47.9 cm³/mol. The minimum absolute atomic E-state index is 0. The van der Waals surface area contributed by atoms with Crippen LogP contribution in [0, 0.1) is 0 Å². The van der Waals surface area contributed by atoms with E-state index in [4.69, 9.17) is 4.79 Å². The van der Waals surface area contributed by atoms with E-state index in [9.17, 15) is 0 Å². The fourth-order valence-electron chi connectivity index (χ4n) is 0. The van der Waals surface area contributed by atoms with Crippen molar-refractivity contribution in [2.45, 2.75) is 0 Å². The topological polar surface area (TPSA) is 17.1 Å². The molecule has 0 aliphatic heterocycles. The van der Waals surface area contributed by atoms with Crippen molar-refractivity contribution in [2.24, 2.45) is 0 Å². The number of hydrogen-bond donors (Lipinski definition) is 0. The quantitative estimate of drug-likeness (QED) is 0.621. The first-order valence-corrected chi connectivity index (χ1v) is 2.59. The largest absolute Gasteiger partial charge is 0.307 e. The zero-order chi connectivity index (χ0) is 8.83. The van der Waals surface area contributed by atoms with Gasteiger partial charge in [0.2, 0.25) is 0 Å². The summed E-state index contributed by atoms with van der Waals surface area (Å²) in [4.78, 5) is 8.00. The normalized spacial score (nSPS) is 4.00. The van der Waals surface area contributed by atoms with E-state index in [1.807, 2.05) is 6.79 Å². The van der Waals surface area contributed by atoms with E-state index in [2.05, 4.69) is 26.3 Å². The van der Waals surface area contributed by atoms with Gasteiger partial charge in [0, 0.05) is 16.8 Å². The first-order chi connectivity index (χ1) is 4.83. The number of hydrogen-bond acceptors (Lipinski definition) is 1. The molecule has 1 radical (unpaired) electrons. The minimum atomic E-state index is 0. The molecule has 0 aromatic heterocycles. The molecule has 2 heteroatoms. The summed E-state index contributed by atoms with van der Waals surface area (Å²) in [5.74, 6) is 0. The van der Waals surface area contributed by atoms with Crippen molar-refractivity contribution in [3.05, 3.63) is 50.6 Å². The summed E-state index contributed by atoms with van der Waals surface area (Å²) in [5, 5.41) is 0. The van der Waals surface area contributed by atoms with Crippen LogP contribution in [0.25, 0.3) is 0 Å². The summed E-state index contributed by atoms with van der Waals surface area (Å²) in [5.41, 5.74) is 0. The summed E-state index contributed by atoms with van der Waals surface area (Å²) in [7, 11) is 0. The molecule has 0 aromatic rings. The van der Waals surface area contributed by atoms with Crippen molar-refractivity contribution in [2.75, 3.05) is 0 Å². The van der Waals surface area contributed by atoms with Gasteiger partial charge >= 0.3 is 0 Å². The summed E-state index contributed by atoms with van der Waals surface area (Å²) in [6.45, 7) is 15.4. The van der Waals surface area contributed by atoms with E-state index in [-0.39, 0.29) is 16.8 Å². The van der Waals surface area contributed by atoms with Crippen molar-refractivity contribution in [3.63, 3.8) is 0 Å². The van der Waals surface area contributed by atoms with E-state index in [0.717, 1.165) is 0 Å². The zero-order valence-corrected chi connectivity index (χ0v) is 7.63. The van der Waals surface area contributed by atoms with Crippen LogP contribution in [-0.4, -0.2) is 6.79 Å². The molecule has 0 fully saturated rings. The molecule has 0 bridgehead atoms. The Bertz CT molecular complexity index is 73.7. The summed E-state index contributed by atoms with van der Waals surface area (Å²) < 4.78 is 0. The second-order valence-corrected chi connectivity index (χ2v) is 0.943. The number of rotatable bonds is 2. The SMILES string of the molecule is C=CC=C.C=CC=C.C=O.[Co]. The Morgan fingerprint density at radius 1 is 0.636 bits per heavy atom. The fourth-order valence-corrected chi connectivity index (χ4v) is 0. The molecule has 0 aromatic carbocycles. The van der Waals surface area contributed by atoms with Crippen LogP contribution < -0.4 is 0 Å². The molecule has 0 amide bonds. The van der Waals surface area contributed by atoms with Crippen molar-refractivity contribution < 1.29 is 21.6 Å². The third kappa shape index (κ3) is 360. The fraction of sp³-hybridized carbons (Fsp3) is 0. The average Bonchev–Trinajstić information content (AvgIpc) is 2.08. The Morgan fingerprint density at radius 3 is 0.727 bits per heavy atom. The van der Waals surface area contributed by atoms with E-state index in [0.29, 0.717) is 0 Å². The Morgan fingerprint density at radius 2 is 0.727 bits per heavy atom. The molecule has 0 heterocycles.